The van der Waals surface area contributed by atoms with Crippen LogP contribution in [0.25, 0.3) is 15.4 Å². The first-order valence-corrected chi connectivity index (χ1v) is 10.0. The molecule has 0 aliphatic heterocycles. The molecule has 2 heterocycles. The van der Waals surface area contributed by atoms with Gasteiger partial charge in [0, 0.05) is 11.4 Å². The molecule has 0 spiro atoms. The fourth-order valence-electron chi connectivity index (χ4n) is 3.22. The number of anilines is 1. The predicted molar refractivity (Wildman–Crippen MR) is 106 cm³/mol. The summed E-state index contributed by atoms with van der Waals surface area (Å²) in [6.07, 6.45) is 1.59. The van der Waals surface area contributed by atoms with Gasteiger partial charge in [-0.2, -0.15) is 0 Å². The van der Waals surface area contributed by atoms with E-state index in [0.717, 1.165) is 37.8 Å². The van der Waals surface area contributed by atoms with E-state index in [9.17, 15) is 4.79 Å². The van der Waals surface area contributed by atoms with Crippen molar-refractivity contribution in [2.45, 2.75) is 19.8 Å². The normalized spacial score (nSPS) is 12.5. The summed E-state index contributed by atoms with van der Waals surface area (Å²) in [5, 5.41) is 0.530. The monoisotopic (exact) mass is 388 g/mol. The molecule has 4 nitrogen and oxygen atoms in total. The highest BCUT2D eigenvalue weighted by molar-refractivity contribution is 7.73. The fourth-order valence-corrected chi connectivity index (χ4v) is 6.01. The Labute approximate surface area is 158 Å². The lowest BCUT2D eigenvalue weighted by Crippen LogP contribution is -2.12. The first-order valence-electron chi connectivity index (χ1n) is 8.00. The zero-order valence-electron chi connectivity index (χ0n) is 13.6. The fraction of sp³-hybridized carbons (Fsp3) is 0.222. The minimum Gasteiger partial charge on any atom is -0.462 e. The van der Waals surface area contributed by atoms with Crippen LogP contribution in [-0.4, -0.2) is 17.1 Å². The van der Waals surface area contributed by atoms with Gasteiger partial charge in [0.2, 0.25) is 0 Å². The van der Waals surface area contributed by atoms with E-state index in [1.54, 1.807) is 18.3 Å². The van der Waals surface area contributed by atoms with E-state index in [2.05, 4.69) is 16.7 Å². The Morgan fingerprint density at radius 3 is 2.72 bits per heavy atom. The smallest absolute Gasteiger partial charge is 0.341 e. The van der Waals surface area contributed by atoms with Crippen molar-refractivity contribution in [2.75, 3.05) is 12.3 Å². The van der Waals surface area contributed by atoms with Gasteiger partial charge in [-0.05, 0) is 49.7 Å². The van der Waals surface area contributed by atoms with E-state index >= 15 is 0 Å². The lowest BCUT2D eigenvalue weighted by atomic mass is 9.97. The van der Waals surface area contributed by atoms with Gasteiger partial charge in [0.05, 0.1) is 21.9 Å². The molecule has 0 unspecified atom stereocenters. The summed E-state index contributed by atoms with van der Waals surface area (Å²) in [7, 11) is 0. The molecular formula is C18H16N2O2S3. The van der Waals surface area contributed by atoms with Crippen LogP contribution >= 0.6 is 34.9 Å². The number of thiophene rings is 1. The molecule has 0 atom stereocenters. The van der Waals surface area contributed by atoms with E-state index in [1.807, 2.05) is 18.2 Å². The highest BCUT2D eigenvalue weighted by Crippen LogP contribution is 2.47. The molecule has 2 aromatic heterocycles. The first kappa shape index (κ1) is 16.5. The van der Waals surface area contributed by atoms with Gasteiger partial charge in [0.1, 0.15) is 5.00 Å². The second-order valence-electron chi connectivity index (χ2n) is 5.68. The number of nitrogen functional groups attached to an aromatic ring is 1. The Balaban J connectivity index is 1.89. The molecule has 2 N–H and O–H groups in total. The number of rotatable bonds is 3. The highest BCUT2D eigenvalue weighted by Gasteiger charge is 2.30. The van der Waals surface area contributed by atoms with Crippen LogP contribution < -0.4 is 5.73 Å². The average molecular weight is 389 g/mol. The number of thiazole rings is 1. The van der Waals surface area contributed by atoms with Crippen molar-refractivity contribution in [3.05, 3.63) is 51.1 Å². The first-order chi connectivity index (χ1) is 12.1. The minimum atomic E-state index is -0.327. The van der Waals surface area contributed by atoms with Crippen molar-refractivity contribution < 1.29 is 9.53 Å². The van der Waals surface area contributed by atoms with Crippen molar-refractivity contribution in [2.24, 2.45) is 0 Å². The molecule has 0 saturated carbocycles. The third-order valence-corrected chi connectivity index (χ3v) is 6.89. The van der Waals surface area contributed by atoms with Crippen LogP contribution in [-0.2, 0) is 17.6 Å². The number of esters is 1. The van der Waals surface area contributed by atoms with Crippen molar-refractivity contribution in [1.82, 2.24) is 4.57 Å². The molecule has 3 aromatic rings. The van der Waals surface area contributed by atoms with E-state index in [1.165, 1.54) is 17.0 Å². The van der Waals surface area contributed by atoms with Gasteiger partial charge in [-0.1, -0.05) is 18.2 Å². The summed E-state index contributed by atoms with van der Waals surface area (Å²) in [6, 6.07) is 10.1. The van der Waals surface area contributed by atoms with Crippen LogP contribution in [0.3, 0.4) is 0 Å². The molecule has 0 bridgehead atoms. The van der Waals surface area contributed by atoms with Gasteiger partial charge in [-0.3, -0.25) is 4.57 Å². The van der Waals surface area contributed by atoms with Crippen LogP contribution in [0.4, 0.5) is 5.00 Å². The number of hydrogen-bond acceptors (Lipinski definition) is 6. The van der Waals surface area contributed by atoms with Crippen LogP contribution in [0, 0.1) is 3.95 Å². The molecule has 7 heteroatoms. The molecule has 1 aliphatic rings. The topological polar surface area (TPSA) is 57.2 Å². The molecule has 0 amide bonds. The van der Waals surface area contributed by atoms with E-state index in [4.69, 9.17) is 22.7 Å². The van der Waals surface area contributed by atoms with Crippen LogP contribution in [0.5, 0.6) is 0 Å². The number of aromatic nitrogens is 1. The van der Waals surface area contributed by atoms with E-state index in [0.29, 0.717) is 17.2 Å². The Hall–Kier alpha value is -1.96. The number of benzene rings is 1. The van der Waals surface area contributed by atoms with Gasteiger partial charge >= 0.3 is 5.97 Å². The number of carbonyl (C=O) groups excluding carboxylic acids is 1. The molecular weight excluding hydrogens is 372 g/mol. The van der Waals surface area contributed by atoms with E-state index in [-0.39, 0.29) is 5.97 Å². The number of ether oxygens (including phenoxy) is 1. The van der Waals surface area contributed by atoms with Gasteiger partial charge in [0.15, 0.2) is 3.95 Å². The summed E-state index contributed by atoms with van der Waals surface area (Å²) in [5.41, 5.74) is 9.97. The molecule has 4 rings (SSSR count). The van der Waals surface area contributed by atoms with Crippen molar-refractivity contribution in [3.63, 3.8) is 0 Å². The maximum Gasteiger partial charge on any atom is 0.341 e. The van der Waals surface area contributed by atoms with E-state index < -0.39 is 0 Å². The van der Waals surface area contributed by atoms with Gasteiger partial charge < -0.3 is 10.5 Å². The Kier molecular flexibility index (Phi) is 4.23. The quantitative estimate of drug-likeness (QED) is 0.514. The number of hydrogen-bond donors (Lipinski definition) is 1. The second-order valence-corrected chi connectivity index (χ2v) is 8.38. The Morgan fingerprint density at radius 2 is 2.00 bits per heavy atom. The third kappa shape index (κ3) is 2.63. The maximum atomic E-state index is 12.3. The summed E-state index contributed by atoms with van der Waals surface area (Å²) < 4.78 is 8.14. The molecule has 25 heavy (non-hydrogen) atoms. The summed E-state index contributed by atoms with van der Waals surface area (Å²) >= 11 is 8.67. The number of carbonyl (C=O) groups is 1. The van der Waals surface area contributed by atoms with Gasteiger partial charge in [-0.25, -0.2) is 4.79 Å². The van der Waals surface area contributed by atoms with Gasteiger partial charge in [-0.15, -0.1) is 22.7 Å². The van der Waals surface area contributed by atoms with Gasteiger partial charge in [0.25, 0.3) is 0 Å². The zero-order chi connectivity index (χ0) is 17.6. The highest BCUT2D eigenvalue weighted by atomic mass is 32.1. The number of nitrogens with zero attached hydrogens (tertiary/aromatic N) is 1. The average Bonchev–Trinajstić information content (AvgIpc) is 3.11. The molecule has 0 saturated heterocycles. The standard InChI is InChI=1S/C18H16N2O2S3/c1-2-22-17(21)13-11-8-9-12-15(14(11)24-16(13)19)25-18(23)20(12)10-6-4-3-5-7-10/h3-7H,2,8-9,19H2,1H3. The zero-order valence-corrected chi connectivity index (χ0v) is 16.0. The lowest BCUT2D eigenvalue weighted by molar-refractivity contribution is 0.0527. The Morgan fingerprint density at radius 1 is 1.24 bits per heavy atom. The SMILES string of the molecule is CCOC(=O)c1c(N)sc2c1CCc1c-2sc(=S)n1-c1ccccc1. The van der Waals surface area contributed by atoms with Crippen molar-refractivity contribution >= 4 is 45.9 Å². The molecule has 0 radical (unpaired) electrons. The molecule has 0 fully saturated rings. The molecule has 1 aromatic carbocycles. The maximum absolute atomic E-state index is 12.3. The third-order valence-electron chi connectivity index (χ3n) is 4.25. The number of para-hydroxylation sites is 1. The molecule has 1 aliphatic carbocycles. The molecule has 128 valence electrons. The van der Waals surface area contributed by atoms with Crippen LogP contribution in [0.1, 0.15) is 28.5 Å². The second kappa shape index (κ2) is 6.40. The van der Waals surface area contributed by atoms with Crippen LogP contribution in [0.15, 0.2) is 30.3 Å². The van der Waals surface area contributed by atoms with Crippen molar-refractivity contribution in [1.29, 1.82) is 0 Å². The van der Waals surface area contributed by atoms with Crippen LogP contribution in [0.2, 0.25) is 0 Å². The minimum absolute atomic E-state index is 0.327. The van der Waals surface area contributed by atoms with Crippen molar-refractivity contribution in [3.8, 4) is 15.4 Å². The summed E-state index contributed by atoms with van der Waals surface area (Å²) in [4.78, 5) is 14.5. The largest absolute Gasteiger partial charge is 0.462 e. The lowest BCUT2D eigenvalue weighted by Gasteiger charge is -2.16. The predicted octanol–water partition coefficient (Wildman–Crippen LogP) is 4.85. The number of nitrogens with two attached hydrogens (primary N) is 1. The summed E-state index contributed by atoms with van der Waals surface area (Å²) in [6.45, 7) is 2.15. The number of fused-ring (bicyclic) bond motifs is 3. The summed E-state index contributed by atoms with van der Waals surface area (Å²) in [5.74, 6) is -0.327. The Bertz CT molecular complexity index is 1020.